The minimum absolute atomic E-state index is 0.0301. The number of benzene rings is 1. The van der Waals surface area contributed by atoms with Crippen molar-refractivity contribution in [2.24, 2.45) is 0 Å². The van der Waals surface area contributed by atoms with Crippen molar-refractivity contribution in [1.29, 1.82) is 0 Å². The maximum absolute atomic E-state index is 13.3. The van der Waals surface area contributed by atoms with Gasteiger partial charge in [-0.15, -0.1) is 0 Å². The summed E-state index contributed by atoms with van der Waals surface area (Å²) in [6.07, 6.45) is 0.356. The van der Waals surface area contributed by atoms with Crippen LogP contribution in [-0.4, -0.2) is 19.5 Å². The van der Waals surface area contributed by atoms with Crippen molar-refractivity contribution in [2.75, 3.05) is 13.6 Å². The highest BCUT2D eigenvalue weighted by molar-refractivity contribution is 6.35. The van der Waals surface area contributed by atoms with Gasteiger partial charge in [0.05, 0.1) is 11.1 Å². The van der Waals surface area contributed by atoms with E-state index in [2.05, 4.69) is 10.6 Å². The van der Waals surface area contributed by atoms with Crippen LogP contribution in [0.4, 0.5) is 4.39 Å². The van der Waals surface area contributed by atoms with Gasteiger partial charge in [0, 0.05) is 18.0 Å². The first-order valence-corrected chi connectivity index (χ1v) is 6.29. The SMILES string of the molecule is CNCCC(=O)NC(C)c1cc(F)c(Cl)cc1Cl. The van der Waals surface area contributed by atoms with E-state index in [-0.39, 0.29) is 17.0 Å². The van der Waals surface area contributed by atoms with E-state index in [0.29, 0.717) is 23.6 Å². The zero-order chi connectivity index (χ0) is 13.7. The molecule has 0 aliphatic rings. The lowest BCUT2D eigenvalue weighted by molar-refractivity contribution is -0.121. The Balaban J connectivity index is 2.75. The van der Waals surface area contributed by atoms with Crippen LogP contribution in [0.25, 0.3) is 0 Å². The van der Waals surface area contributed by atoms with Gasteiger partial charge in [-0.05, 0) is 31.7 Å². The predicted molar refractivity (Wildman–Crippen MR) is 71.5 cm³/mol. The van der Waals surface area contributed by atoms with Gasteiger partial charge in [0.15, 0.2) is 0 Å². The largest absolute Gasteiger partial charge is 0.349 e. The third-order valence-electron chi connectivity index (χ3n) is 2.49. The molecule has 0 saturated carbocycles. The second-order valence-electron chi connectivity index (χ2n) is 3.93. The van der Waals surface area contributed by atoms with Crippen LogP contribution >= 0.6 is 23.2 Å². The number of nitrogens with one attached hydrogen (secondary N) is 2. The zero-order valence-corrected chi connectivity index (χ0v) is 11.7. The van der Waals surface area contributed by atoms with Crippen LogP contribution in [-0.2, 0) is 4.79 Å². The van der Waals surface area contributed by atoms with Crippen molar-refractivity contribution in [3.63, 3.8) is 0 Å². The van der Waals surface area contributed by atoms with Crippen molar-refractivity contribution in [3.05, 3.63) is 33.6 Å². The van der Waals surface area contributed by atoms with E-state index in [1.165, 1.54) is 12.1 Å². The molecule has 1 amide bonds. The first-order valence-electron chi connectivity index (χ1n) is 5.54. The maximum atomic E-state index is 13.3. The first-order chi connectivity index (χ1) is 8.45. The number of carbonyl (C=O) groups is 1. The van der Waals surface area contributed by atoms with E-state index in [1.807, 2.05) is 0 Å². The molecule has 0 aliphatic heterocycles. The minimum atomic E-state index is -0.549. The van der Waals surface area contributed by atoms with Crippen LogP contribution in [0.3, 0.4) is 0 Å². The molecule has 1 unspecified atom stereocenters. The summed E-state index contributed by atoms with van der Waals surface area (Å²) in [5, 5.41) is 5.93. The molecule has 1 rings (SSSR count). The normalized spacial score (nSPS) is 12.3. The second kappa shape index (κ2) is 6.92. The fraction of sp³-hybridized carbons (Fsp3) is 0.417. The number of rotatable bonds is 5. The van der Waals surface area contributed by atoms with Crippen LogP contribution in [0.2, 0.25) is 10.0 Å². The summed E-state index contributed by atoms with van der Waals surface area (Å²) in [6.45, 7) is 2.33. The van der Waals surface area contributed by atoms with Crippen molar-refractivity contribution in [3.8, 4) is 0 Å². The van der Waals surface area contributed by atoms with Gasteiger partial charge in [0.2, 0.25) is 5.91 Å². The van der Waals surface area contributed by atoms with Gasteiger partial charge in [-0.2, -0.15) is 0 Å². The molecule has 3 nitrogen and oxygen atoms in total. The molecule has 0 aliphatic carbocycles. The summed E-state index contributed by atoms with van der Waals surface area (Å²) < 4.78 is 13.3. The van der Waals surface area contributed by atoms with Crippen molar-refractivity contribution < 1.29 is 9.18 Å². The number of halogens is 3. The minimum Gasteiger partial charge on any atom is -0.349 e. The number of hydrogen-bond donors (Lipinski definition) is 2. The van der Waals surface area contributed by atoms with Crippen molar-refractivity contribution >= 4 is 29.1 Å². The Morgan fingerprint density at radius 3 is 2.67 bits per heavy atom. The van der Waals surface area contributed by atoms with Crippen LogP contribution in [0.1, 0.15) is 24.9 Å². The summed E-state index contributed by atoms with van der Waals surface area (Å²) in [7, 11) is 1.77. The number of amides is 1. The lowest BCUT2D eigenvalue weighted by atomic mass is 10.1. The molecular formula is C12H15Cl2FN2O. The highest BCUT2D eigenvalue weighted by Crippen LogP contribution is 2.28. The van der Waals surface area contributed by atoms with Crippen LogP contribution in [0.5, 0.6) is 0 Å². The van der Waals surface area contributed by atoms with Gasteiger partial charge in [0.1, 0.15) is 5.82 Å². The third-order valence-corrected chi connectivity index (χ3v) is 3.10. The lowest BCUT2D eigenvalue weighted by Crippen LogP contribution is -2.29. The van der Waals surface area contributed by atoms with Gasteiger partial charge in [0.25, 0.3) is 0 Å². The molecule has 1 aromatic rings. The highest BCUT2D eigenvalue weighted by Gasteiger charge is 2.15. The zero-order valence-electron chi connectivity index (χ0n) is 10.2. The van der Waals surface area contributed by atoms with Gasteiger partial charge < -0.3 is 10.6 Å². The molecule has 0 saturated heterocycles. The van der Waals surface area contributed by atoms with Gasteiger partial charge in [-0.25, -0.2) is 4.39 Å². The van der Waals surface area contributed by atoms with Crippen molar-refractivity contribution in [1.82, 2.24) is 10.6 Å². The topological polar surface area (TPSA) is 41.1 Å². The average molecular weight is 293 g/mol. The van der Waals surface area contributed by atoms with Crippen LogP contribution in [0, 0.1) is 5.82 Å². The van der Waals surface area contributed by atoms with Crippen LogP contribution in [0.15, 0.2) is 12.1 Å². The Bertz CT molecular complexity index is 440. The number of hydrogen-bond acceptors (Lipinski definition) is 2. The molecule has 0 bridgehead atoms. The molecule has 6 heteroatoms. The molecule has 0 spiro atoms. The molecule has 1 atom stereocenters. The number of carbonyl (C=O) groups excluding carboxylic acids is 1. The maximum Gasteiger partial charge on any atom is 0.221 e. The van der Waals surface area contributed by atoms with Gasteiger partial charge >= 0.3 is 0 Å². The molecule has 1 aromatic carbocycles. The van der Waals surface area contributed by atoms with Gasteiger partial charge in [-0.3, -0.25) is 4.79 Å². The van der Waals surface area contributed by atoms with E-state index in [0.717, 1.165) is 0 Å². The summed E-state index contributed by atoms with van der Waals surface area (Å²) in [6, 6.07) is 2.21. The molecule has 2 N–H and O–H groups in total. The summed E-state index contributed by atoms with van der Waals surface area (Å²) in [5.74, 6) is -0.671. The summed E-state index contributed by atoms with van der Waals surface area (Å²) in [5.41, 5.74) is 0.511. The molecular weight excluding hydrogens is 278 g/mol. The molecule has 100 valence electrons. The molecule has 0 aromatic heterocycles. The Morgan fingerprint density at radius 1 is 1.39 bits per heavy atom. The Hall–Kier alpha value is -0.840. The van der Waals surface area contributed by atoms with Crippen molar-refractivity contribution in [2.45, 2.75) is 19.4 Å². The third kappa shape index (κ3) is 4.12. The average Bonchev–Trinajstić information content (AvgIpc) is 2.31. The Labute approximate surface area is 116 Å². The van der Waals surface area contributed by atoms with Gasteiger partial charge in [-0.1, -0.05) is 23.2 Å². The van der Waals surface area contributed by atoms with E-state index in [9.17, 15) is 9.18 Å². The Kier molecular flexibility index (Phi) is 5.85. The van der Waals surface area contributed by atoms with E-state index in [4.69, 9.17) is 23.2 Å². The molecule has 0 fully saturated rings. The quantitative estimate of drug-likeness (QED) is 0.820. The monoisotopic (exact) mass is 292 g/mol. The Morgan fingerprint density at radius 2 is 2.06 bits per heavy atom. The summed E-state index contributed by atoms with van der Waals surface area (Å²) >= 11 is 11.6. The fourth-order valence-electron chi connectivity index (χ4n) is 1.50. The van der Waals surface area contributed by atoms with Crippen LogP contribution < -0.4 is 10.6 Å². The van der Waals surface area contributed by atoms with E-state index < -0.39 is 5.82 Å². The highest BCUT2D eigenvalue weighted by atomic mass is 35.5. The van der Waals surface area contributed by atoms with E-state index in [1.54, 1.807) is 14.0 Å². The molecule has 0 heterocycles. The lowest BCUT2D eigenvalue weighted by Gasteiger charge is -2.16. The standard InChI is InChI=1S/C12H15Cl2FN2O/c1-7(17-12(18)3-4-16-2)8-5-11(15)10(14)6-9(8)13/h5-7,16H,3-4H2,1-2H3,(H,17,18). The fourth-order valence-corrected chi connectivity index (χ4v) is 2.05. The second-order valence-corrected chi connectivity index (χ2v) is 4.74. The first kappa shape index (κ1) is 15.2. The molecule has 0 radical (unpaired) electrons. The predicted octanol–water partition coefficient (Wildman–Crippen LogP) is 2.92. The van der Waals surface area contributed by atoms with E-state index >= 15 is 0 Å². The summed E-state index contributed by atoms with van der Waals surface area (Å²) in [4.78, 5) is 11.5. The smallest absolute Gasteiger partial charge is 0.221 e. The molecule has 18 heavy (non-hydrogen) atoms.